The third-order valence-corrected chi connectivity index (χ3v) is 6.38. The SMILES string of the molecule is COc1ccc(N(Cc2cccc(C)c2)S(=O)(=O)c2ccc3nncn3c2)cc1. The molecule has 2 heterocycles. The van der Waals surface area contributed by atoms with Gasteiger partial charge in [-0.3, -0.25) is 8.71 Å². The van der Waals surface area contributed by atoms with Crippen LogP contribution in [0.15, 0.2) is 78.1 Å². The summed E-state index contributed by atoms with van der Waals surface area (Å²) in [6.07, 6.45) is 3.00. The predicted octanol–water partition coefficient (Wildman–Crippen LogP) is 3.44. The van der Waals surface area contributed by atoms with E-state index >= 15 is 0 Å². The van der Waals surface area contributed by atoms with Gasteiger partial charge in [-0.1, -0.05) is 29.8 Å². The van der Waals surface area contributed by atoms with Crippen LogP contribution in [0.2, 0.25) is 0 Å². The first-order valence-electron chi connectivity index (χ1n) is 8.99. The third-order valence-electron chi connectivity index (χ3n) is 4.62. The Morgan fingerprint density at radius 1 is 1.07 bits per heavy atom. The van der Waals surface area contributed by atoms with E-state index in [2.05, 4.69) is 10.2 Å². The molecule has 148 valence electrons. The molecule has 0 radical (unpaired) electrons. The molecule has 0 N–H and O–H groups in total. The predicted molar refractivity (Wildman–Crippen MR) is 111 cm³/mol. The van der Waals surface area contributed by atoms with Crippen LogP contribution >= 0.6 is 0 Å². The Morgan fingerprint density at radius 2 is 1.86 bits per heavy atom. The second-order valence-electron chi connectivity index (χ2n) is 6.66. The fourth-order valence-electron chi connectivity index (χ4n) is 3.13. The second kappa shape index (κ2) is 7.56. The zero-order chi connectivity index (χ0) is 20.4. The number of nitrogens with zero attached hydrogens (tertiary/aromatic N) is 4. The van der Waals surface area contributed by atoms with E-state index in [4.69, 9.17) is 4.74 Å². The lowest BCUT2D eigenvalue weighted by atomic mass is 10.1. The molecule has 2 aromatic heterocycles. The molecule has 0 saturated heterocycles. The second-order valence-corrected chi connectivity index (χ2v) is 8.52. The van der Waals surface area contributed by atoms with Crippen molar-refractivity contribution in [2.24, 2.45) is 0 Å². The molecule has 29 heavy (non-hydrogen) atoms. The summed E-state index contributed by atoms with van der Waals surface area (Å²) in [5.41, 5.74) is 3.10. The standard InChI is InChI=1S/C21H20N4O3S/c1-16-4-3-5-17(12-16)13-25(18-6-8-19(28-2)9-7-18)29(26,27)20-10-11-21-23-22-15-24(21)14-20/h3-12,14-15H,13H2,1-2H3. The highest BCUT2D eigenvalue weighted by Gasteiger charge is 2.26. The van der Waals surface area contributed by atoms with Gasteiger partial charge in [0.05, 0.1) is 19.3 Å². The van der Waals surface area contributed by atoms with Gasteiger partial charge in [0.1, 0.15) is 17.0 Å². The molecule has 0 aliphatic heterocycles. The van der Waals surface area contributed by atoms with Gasteiger partial charge < -0.3 is 4.74 Å². The summed E-state index contributed by atoms with van der Waals surface area (Å²) >= 11 is 0. The largest absolute Gasteiger partial charge is 0.497 e. The molecule has 0 fully saturated rings. The van der Waals surface area contributed by atoms with E-state index in [0.717, 1.165) is 11.1 Å². The fraction of sp³-hybridized carbons (Fsp3) is 0.143. The van der Waals surface area contributed by atoms with Gasteiger partial charge in [-0.25, -0.2) is 8.42 Å². The van der Waals surface area contributed by atoms with Crippen molar-refractivity contribution in [1.82, 2.24) is 14.6 Å². The van der Waals surface area contributed by atoms with Gasteiger partial charge in [0.15, 0.2) is 5.65 Å². The fourth-order valence-corrected chi connectivity index (χ4v) is 4.59. The molecule has 4 rings (SSSR count). The summed E-state index contributed by atoms with van der Waals surface area (Å²) < 4.78 is 35.4. The minimum atomic E-state index is -3.84. The molecule has 0 saturated carbocycles. The van der Waals surface area contributed by atoms with E-state index in [-0.39, 0.29) is 11.4 Å². The van der Waals surface area contributed by atoms with E-state index in [9.17, 15) is 8.42 Å². The average Bonchev–Trinajstić information content (AvgIpc) is 3.20. The molecule has 7 nitrogen and oxygen atoms in total. The van der Waals surface area contributed by atoms with E-state index in [1.807, 2.05) is 31.2 Å². The first-order valence-corrected chi connectivity index (χ1v) is 10.4. The van der Waals surface area contributed by atoms with Crippen molar-refractivity contribution >= 4 is 21.4 Å². The highest BCUT2D eigenvalue weighted by atomic mass is 32.2. The van der Waals surface area contributed by atoms with E-state index in [0.29, 0.717) is 17.1 Å². The van der Waals surface area contributed by atoms with E-state index in [1.54, 1.807) is 47.9 Å². The molecular weight excluding hydrogens is 388 g/mol. The van der Waals surface area contributed by atoms with Gasteiger partial charge in [0.25, 0.3) is 10.0 Å². The summed E-state index contributed by atoms with van der Waals surface area (Å²) in [5, 5.41) is 7.75. The number of hydrogen-bond acceptors (Lipinski definition) is 5. The number of hydrogen-bond donors (Lipinski definition) is 0. The molecule has 0 spiro atoms. The summed E-state index contributed by atoms with van der Waals surface area (Å²) in [4.78, 5) is 0.160. The lowest BCUT2D eigenvalue weighted by molar-refractivity contribution is 0.415. The molecule has 0 amide bonds. The molecular formula is C21H20N4O3S. The van der Waals surface area contributed by atoms with Crippen LogP contribution in [0.3, 0.4) is 0 Å². The van der Waals surface area contributed by atoms with Crippen LogP contribution in [-0.4, -0.2) is 30.1 Å². The number of rotatable bonds is 6. The molecule has 4 aromatic rings. The lowest BCUT2D eigenvalue weighted by Gasteiger charge is -2.25. The van der Waals surface area contributed by atoms with Crippen molar-refractivity contribution in [3.63, 3.8) is 0 Å². The minimum Gasteiger partial charge on any atom is -0.497 e. The minimum absolute atomic E-state index is 0.160. The molecule has 0 aliphatic carbocycles. The van der Waals surface area contributed by atoms with Gasteiger partial charge >= 0.3 is 0 Å². The molecule has 0 unspecified atom stereocenters. The number of pyridine rings is 1. The number of fused-ring (bicyclic) bond motifs is 1. The Hall–Kier alpha value is -3.39. The number of ether oxygens (including phenoxy) is 1. The van der Waals surface area contributed by atoms with Crippen LogP contribution in [0.1, 0.15) is 11.1 Å². The Labute approximate surface area is 169 Å². The number of anilines is 1. The van der Waals surface area contributed by atoms with Gasteiger partial charge in [0, 0.05) is 6.20 Å². The summed E-state index contributed by atoms with van der Waals surface area (Å²) in [5.74, 6) is 0.660. The van der Waals surface area contributed by atoms with Gasteiger partial charge in [-0.05, 0) is 48.9 Å². The quantitative estimate of drug-likeness (QED) is 0.488. The maximum Gasteiger partial charge on any atom is 0.266 e. The first kappa shape index (κ1) is 18.9. The zero-order valence-corrected chi connectivity index (χ0v) is 16.9. The van der Waals surface area contributed by atoms with Crippen molar-refractivity contribution in [2.45, 2.75) is 18.4 Å². The topological polar surface area (TPSA) is 76.8 Å². The highest BCUT2D eigenvalue weighted by Crippen LogP contribution is 2.28. The number of methoxy groups -OCH3 is 1. The Morgan fingerprint density at radius 3 is 2.59 bits per heavy atom. The van der Waals surface area contributed by atoms with E-state index < -0.39 is 10.0 Å². The van der Waals surface area contributed by atoms with Crippen LogP contribution < -0.4 is 9.04 Å². The smallest absolute Gasteiger partial charge is 0.266 e. The monoisotopic (exact) mass is 408 g/mol. The highest BCUT2D eigenvalue weighted by molar-refractivity contribution is 7.92. The Balaban J connectivity index is 1.80. The molecule has 2 aromatic carbocycles. The van der Waals surface area contributed by atoms with Gasteiger partial charge in [-0.2, -0.15) is 0 Å². The summed E-state index contributed by atoms with van der Waals surface area (Å²) in [7, 11) is -2.26. The van der Waals surface area contributed by atoms with Crippen molar-refractivity contribution in [3.8, 4) is 5.75 Å². The van der Waals surface area contributed by atoms with Crippen LogP contribution in [0.4, 0.5) is 5.69 Å². The number of benzene rings is 2. The van der Waals surface area contributed by atoms with Crippen LogP contribution in [-0.2, 0) is 16.6 Å². The van der Waals surface area contributed by atoms with Crippen molar-refractivity contribution in [3.05, 3.63) is 84.3 Å². The first-order chi connectivity index (χ1) is 14.0. The maximum absolute atomic E-state index is 13.6. The summed E-state index contributed by atoms with van der Waals surface area (Å²) in [6.45, 7) is 2.19. The normalized spacial score (nSPS) is 11.5. The third kappa shape index (κ3) is 3.79. The Kier molecular flexibility index (Phi) is 4.94. The van der Waals surface area contributed by atoms with Crippen LogP contribution in [0, 0.1) is 6.92 Å². The number of sulfonamides is 1. The van der Waals surface area contributed by atoms with Gasteiger partial charge in [0.2, 0.25) is 0 Å². The van der Waals surface area contributed by atoms with Crippen molar-refractivity contribution < 1.29 is 13.2 Å². The molecule has 0 atom stereocenters. The molecule has 8 heteroatoms. The molecule has 0 bridgehead atoms. The summed E-state index contributed by atoms with van der Waals surface area (Å²) in [6, 6.07) is 18.0. The lowest BCUT2D eigenvalue weighted by Crippen LogP contribution is -2.30. The number of aryl methyl sites for hydroxylation is 1. The van der Waals surface area contributed by atoms with Crippen molar-refractivity contribution in [1.29, 1.82) is 0 Å². The Bertz CT molecular complexity index is 1250. The molecule has 0 aliphatic rings. The van der Waals surface area contributed by atoms with Crippen molar-refractivity contribution in [2.75, 3.05) is 11.4 Å². The maximum atomic E-state index is 13.6. The number of aromatic nitrogens is 3. The van der Waals surface area contributed by atoms with Gasteiger partial charge in [-0.15, -0.1) is 10.2 Å². The van der Waals surface area contributed by atoms with Crippen LogP contribution in [0.25, 0.3) is 5.65 Å². The zero-order valence-electron chi connectivity index (χ0n) is 16.1. The van der Waals surface area contributed by atoms with E-state index in [1.165, 1.54) is 16.8 Å². The van der Waals surface area contributed by atoms with Crippen LogP contribution in [0.5, 0.6) is 5.75 Å². The average molecular weight is 408 g/mol.